The maximum atomic E-state index is 4.42. The van der Waals surface area contributed by atoms with E-state index in [-0.39, 0.29) is 0 Å². The summed E-state index contributed by atoms with van der Waals surface area (Å²) in [7, 11) is 0. The van der Waals surface area contributed by atoms with Gasteiger partial charge in [-0.3, -0.25) is 4.40 Å². The Morgan fingerprint density at radius 3 is 3.11 bits per heavy atom. The molecule has 0 fully saturated rings. The van der Waals surface area contributed by atoms with Crippen molar-refractivity contribution < 1.29 is 0 Å². The van der Waals surface area contributed by atoms with Crippen LogP contribution in [0.1, 0.15) is 16.5 Å². The summed E-state index contributed by atoms with van der Waals surface area (Å²) < 4.78 is 2.02. The van der Waals surface area contributed by atoms with E-state index in [4.69, 9.17) is 0 Å². The third kappa shape index (κ3) is 2.80. The molecule has 0 saturated carbocycles. The van der Waals surface area contributed by atoms with Gasteiger partial charge in [0, 0.05) is 31.1 Å². The highest BCUT2D eigenvalue weighted by Crippen LogP contribution is 2.07. The maximum absolute atomic E-state index is 4.42. The number of rotatable bonds is 5. The Morgan fingerprint density at radius 2 is 2.26 bits per heavy atom. The fraction of sp³-hybridized carbons (Fsp3) is 0.308. The normalized spacial score (nSPS) is 11.2. The summed E-state index contributed by atoms with van der Waals surface area (Å²) in [6.07, 6.45) is 2.85. The van der Waals surface area contributed by atoms with Gasteiger partial charge in [-0.1, -0.05) is 6.07 Å². The van der Waals surface area contributed by atoms with Crippen molar-refractivity contribution in [2.24, 2.45) is 0 Å². The van der Waals surface area contributed by atoms with Gasteiger partial charge in [-0.15, -0.1) is 21.5 Å². The van der Waals surface area contributed by atoms with Crippen LogP contribution in [0.4, 0.5) is 0 Å². The zero-order valence-electron chi connectivity index (χ0n) is 10.7. The van der Waals surface area contributed by atoms with Gasteiger partial charge >= 0.3 is 0 Å². The average molecular weight is 273 g/mol. The van der Waals surface area contributed by atoms with Crippen molar-refractivity contribution in [2.75, 3.05) is 6.54 Å². The van der Waals surface area contributed by atoms with Gasteiger partial charge in [-0.2, -0.15) is 0 Å². The van der Waals surface area contributed by atoms with Crippen LogP contribution < -0.4 is 5.32 Å². The molecule has 3 heterocycles. The molecule has 3 aromatic rings. The molecule has 0 amide bonds. The first-order valence-electron chi connectivity index (χ1n) is 6.23. The van der Waals surface area contributed by atoms with Crippen LogP contribution in [-0.2, 0) is 13.0 Å². The molecular formula is C13H15N5S. The second kappa shape index (κ2) is 5.46. The Labute approximate surface area is 115 Å². The molecule has 6 heteroatoms. The van der Waals surface area contributed by atoms with Crippen molar-refractivity contribution in [3.05, 3.63) is 46.3 Å². The van der Waals surface area contributed by atoms with E-state index >= 15 is 0 Å². The van der Waals surface area contributed by atoms with Crippen molar-refractivity contribution in [1.82, 2.24) is 24.9 Å². The van der Waals surface area contributed by atoms with Crippen LogP contribution in [0, 0.1) is 6.92 Å². The van der Waals surface area contributed by atoms with Crippen LogP contribution in [-0.4, -0.2) is 26.1 Å². The van der Waals surface area contributed by atoms with Crippen molar-refractivity contribution in [3.63, 3.8) is 0 Å². The van der Waals surface area contributed by atoms with Gasteiger partial charge in [0.2, 0.25) is 0 Å². The first-order chi connectivity index (χ1) is 9.33. The van der Waals surface area contributed by atoms with Crippen molar-refractivity contribution in [2.45, 2.75) is 19.9 Å². The molecule has 0 spiro atoms. The van der Waals surface area contributed by atoms with E-state index in [0.29, 0.717) is 0 Å². The van der Waals surface area contributed by atoms with E-state index in [1.54, 1.807) is 11.3 Å². The van der Waals surface area contributed by atoms with Crippen molar-refractivity contribution >= 4 is 17.0 Å². The smallest absolute Gasteiger partial charge is 0.160 e. The molecular weight excluding hydrogens is 258 g/mol. The van der Waals surface area contributed by atoms with Gasteiger partial charge in [0.05, 0.1) is 10.7 Å². The summed E-state index contributed by atoms with van der Waals surface area (Å²) in [4.78, 5) is 4.42. The van der Waals surface area contributed by atoms with Gasteiger partial charge < -0.3 is 5.32 Å². The Kier molecular flexibility index (Phi) is 3.52. The Hall–Kier alpha value is -1.79. The molecule has 0 bridgehead atoms. The second-order valence-electron chi connectivity index (χ2n) is 4.33. The average Bonchev–Trinajstić information content (AvgIpc) is 3.02. The van der Waals surface area contributed by atoms with E-state index in [0.717, 1.165) is 41.7 Å². The Balaban J connectivity index is 1.55. The Morgan fingerprint density at radius 1 is 1.32 bits per heavy atom. The van der Waals surface area contributed by atoms with Crippen LogP contribution in [0.2, 0.25) is 0 Å². The standard InChI is InChI=1S/C13H15N5S/c1-10-15-11(9-19-10)8-14-6-5-13-17-16-12-4-2-3-7-18(12)13/h2-4,7,9,14H,5-6,8H2,1H3. The van der Waals surface area contributed by atoms with Gasteiger partial charge in [0.15, 0.2) is 5.65 Å². The van der Waals surface area contributed by atoms with Gasteiger partial charge in [0.25, 0.3) is 0 Å². The summed E-state index contributed by atoms with van der Waals surface area (Å²) in [5.74, 6) is 0.984. The third-order valence-corrected chi connectivity index (χ3v) is 3.70. The molecule has 3 aromatic heterocycles. The predicted octanol–water partition coefficient (Wildman–Crippen LogP) is 1.83. The predicted molar refractivity (Wildman–Crippen MR) is 75.2 cm³/mol. The van der Waals surface area contributed by atoms with Gasteiger partial charge in [-0.05, 0) is 19.1 Å². The highest BCUT2D eigenvalue weighted by Gasteiger charge is 2.04. The molecule has 19 heavy (non-hydrogen) atoms. The number of nitrogens with one attached hydrogen (secondary N) is 1. The monoisotopic (exact) mass is 273 g/mol. The number of pyridine rings is 1. The lowest BCUT2D eigenvalue weighted by Crippen LogP contribution is -2.18. The minimum atomic E-state index is 0.807. The van der Waals surface area contributed by atoms with Crippen molar-refractivity contribution in [1.29, 1.82) is 0 Å². The molecule has 0 aliphatic rings. The number of fused-ring (bicyclic) bond motifs is 1. The minimum absolute atomic E-state index is 0.807. The van der Waals surface area contributed by atoms with Crippen molar-refractivity contribution in [3.8, 4) is 0 Å². The van der Waals surface area contributed by atoms with E-state index in [9.17, 15) is 0 Å². The lowest BCUT2D eigenvalue weighted by Gasteiger charge is -2.02. The Bertz CT molecular complexity index is 672. The number of hydrogen-bond acceptors (Lipinski definition) is 5. The molecule has 0 aliphatic carbocycles. The molecule has 0 atom stereocenters. The molecule has 0 aromatic carbocycles. The first kappa shape index (κ1) is 12.3. The SMILES string of the molecule is Cc1nc(CNCCc2nnc3ccccn23)cs1. The number of nitrogens with zero attached hydrogens (tertiary/aromatic N) is 4. The summed E-state index contributed by atoms with van der Waals surface area (Å²) in [6, 6.07) is 5.92. The quantitative estimate of drug-likeness (QED) is 0.721. The summed E-state index contributed by atoms with van der Waals surface area (Å²) in [5.41, 5.74) is 2.00. The fourth-order valence-electron chi connectivity index (χ4n) is 1.97. The highest BCUT2D eigenvalue weighted by molar-refractivity contribution is 7.09. The van der Waals surface area contributed by atoms with Crippen LogP contribution in [0.15, 0.2) is 29.8 Å². The largest absolute Gasteiger partial charge is 0.311 e. The maximum Gasteiger partial charge on any atom is 0.160 e. The van der Waals surface area contributed by atoms with E-state index in [2.05, 4.69) is 25.9 Å². The molecule has 98 valence electrons. The van der Waals surface area contributed by atoms with Crippen LogP contribution in [0.5, 0.6) is 0 Å². The summed E-state index contributed by atoms with van der Waals surface area (Å²) >= 11 is 1.68. The van der Waals surface area contributed by atoms with E-state index in [1.165, 1.54) is 0 Å². The molecule has 5 nitrogen and oxygen atoms in total. The number of aryl methyl sites for hydroxylation is 1. The summed E-state index contributed by atoms with van der Waals surface area (Å²) in [5, 5.41) is 14.9. The molecule has 0 aliphatic heterocycles. The number of thiazole rings is 1. The lowest BCUT2D eigenvalue weighted by molar-refractivity contribution is 0.658. The zero-order chi connectivity index (χ0) is 13.1. The molecule has 0 radical (unpaired) electrons. The number of hydrogen-bond donors (Lipinski definition) is 1. The van der Waals surface area contributed by atoms with Gasteiger partial charge in [0.1, 0.15) is 5.82 Å². The lowest BCUT2D eigenvalue weighted by atomic mass is 10.3. The van der Waals surface area contributed by atoms with Crippen LogP contribution in [0.25, 0.3) is 5.65 Å². The summed E-state index contributed by atoms with van der Waals surface area (Å²) in [6.45, 7) is 3.70. The highest BCUT2D eigenvalue weighted by atomic mass is 32.1. The van der Waals surface area contributed by atoms with E-state index in [1.807, 2.05) is 35.7 Å². The zero-order valence-corrected chi connectivity index (χ0v) is 11.5. The molecule has 1 N–H and O–H groups in total. The van der Waals surface area contributed by atoms with Crippen LogP contribution in [0.3, 0.4) is 0 Å². The van der Waals surface area contributed by atoms with Crippen LogP contribution >= 0.6 is 11.3 Å². The second-order valence-corrected chi connectivity index (χ2v) is 5.39. The fourth-order valence-corrected chi connectivity index (χ4v) is 2.58. The third-order valence-electron chi connectivity index (χ3n) is 2.88. The molecule has 3 rings (SSSR count). The molecule has 0 saturated heterocycles. The van der Waals surface area contributed by atoms with E-state index < -0.39 is 0 Å². The first-order valence-corrected chi connectivity index (χ1v) is 7.11. The van der Waals surface area contributed by atoms with Gasteiger partial charge in [-0.25, -0.2) is 4.98 Å². The topological polar surface area (TPSA) is 55.1 Å². The number of aromatic nitrogens is 4. The minimum Gasteiger partial charge on any atom is -0.311 e. The molecule has 0 unspecified atom stereocenters.